The molecule has 0 radical (unpaired) electrons. The largest absolute Gasteiger partial charge is 0.290 e. The molecule has 3 aromatic carbocycles. The smallest absolute Gasteiger partial charge is 0.272 e. The highest BCUT2D eigenvalue weighted by atomic mass is 32.2. The maximum atomic E-state index is 13.8. The minimum Gasteiger partial charge on any atom is -0.272 e. The number of carbonyl (C=O) groups excluding carboxylic acids is 2. The van der Waals surface area contributed by atoms with Gasteiger partial charge in [-0.05, 0) is 36.8 Å². The summed E-state index contributed by atoms with van der Waals surface area (Å²) in [6.07, 6.45) is 0. The van der Waals surface area contributed by atoms with Gasteiger partial charge < -0.3 is 0 Å². The zero-order valence-electron chi connectivity index (χ0n) is 21.1. The van der Waals surface area contributed by atoms with Gasteiger partial charge >= 0.3 is 0 Å². The Hall–Kier alpha value is -5.10. The van der Waals surface area contributed by atoms with Crippen LogP contribution < -0.4 is 5.43 Å². The number of fused-ring (bicyclic) bond motifs is 1. The average Bonchev–Trinajstić information content (AvgIpc) is 3.51. The Morgan fingerprint density at radius 1 is 1.00 bits per heavy atom. The lowest BCUT2D eigenvalue weighted by Gasteiger charge is -2.24. The summed E-state index contributed by atoms with van der Waals surface area (Å²) in [5.74, 6) is -0.769. The summed E-state index contributed by atoms with van der Waals surface area (Å²) in [4.78, 5) is 46.7. The van der Waals surface area contributed by atoms with Crippen molar-refractivity contribution in [3.05, 3.63) is 112 Å². The normalized spacial score (nSPS) is 15.0. The number of nitro groups is 1. The fourth-order valence-electron chi connectivity index (χ4n) is 4.48. The minimum atomic E-state index is -0.608. The SMILES string of the molecule is Cc1nn(-c2ccccc2)c2nc(-c3ccccc3)c(C(=O)NN3C(=O)CSC3c3ccc([N+](=O)[O-])cc3)nc12. The molecule has 40 heavy (non-hydrogen) atoms. The molecule has 0 bridgehead atoms. The van der Waals surface area contributed by atoms with Gasteiger partial charge in [0.05, 0.1) is 22.1 Å². The van der Waals surface area contributed by atoms with Gasteiger partial charge in [-0.15, -0.1) is 11.8 Å². The third-order valence-electron chi connectivity index (χ3n) is 6.41. The first-order valence-electron chi connectivity index (χ1n) is 12.3. The number of carbonyl (C=O) groups is 2. The Morgan fingerprint density at radius 2 is 1.68 bits per heavy atom. The summed E-state index contributed by atoms with van der Waals surface area (Å²) in [7, 11) is 0. The molecule has 198 valence electrons. The van der Waals surface area contributed by atoms with Gasteiger partial charge in [0.2, 0.25) is 0 Å². The van der Waals surface area contributed by atoms with E-state index >= 15 is 0 Å². The minimum absolute atomic E-state index is 0.0431. The van der Waals surface area contributed by atoms with Crippen molar-refractivity contribution >= 4 is 40.4 Å². The van der Waals surface area contributed by atoms with Crippen LogP contribution in [0.5, 0.6) is 0 Å². The van der Waals surface area contributed by atoms with Gasteiger partial charge in [-0.3, -0.25) is 25.1 Å². The Labute approximate surface area is 232 Å². The Balaban J connectivity index is 1.41. The highest BCUT2D eigenvalue weighted by molar-refractivity contribution is 8.00. The van der Waals surface area contributed by atoms with Crippen LogP contribution >= 0.6 is 11.8 Å². The van der Waals surface area contributed by atoms with E-state index in [-0.39, 0.29) is 23.0 Å². The number of hydrogen-bond donors (Lipinski definition) is 1. The number of benzene rings is 3. The number of aryl methyl sites for hydroxylation is 1. The molecule has 1 fully saturated rings. The molecule has 5 aromatic rings. The van der Waals surface area contributed by atoms with Crippen LogP contribution in [0.3, 0.4) is 0 Å². The zero-order valence-corrected chi connectivity index (χ0v) is 21.9. The molecule has 3 heterocycles. The lowest BCUT2D eigenvalue weighted by molar-refractivity contribution is -0.384. The van der Waals surface area contributed by atoms with E-state index in [2.05, 4.69) is 10.5 Å². The van der Waals surface area contributed by atoms with Gasteiger partial charge in [0.25, 0.3) is 17.5 Å². The second kappa shape index (κ2) is 10.2. The van der Waals surface area contributed by atoms with Crippen molar-refractivity contribution in [3.8, 4) is 16.9 Å². The van der Waals surface area contributed by atoms with Gasteiger partial charge in [0, 0.05) is 17.7 Å². The maximum Gasteiger partial charge on any atom is 0.290 e. The molecule has 11 nitrogen and oxygen atoms in total. The van der Waals surface area contributed by atoms with E-state index in [1.165, 1.54) is 28.9 Å². The summed E-state index contributed by atoms with van der Waals surface area (Å²) in [6, 6.07) is 24.6. The molecule has 6 rings (SSSR count). The fourth-order valence-corrected chi connectivity index (χ4v) is 5.59. The van der Waals surface area contributed by atoms with Crippen molar-refractivity contribution in [1.82, 2.24) is 30.2 Å². The molecule has 12 heteroatoms. The first-order valence-corrected chi connectivity index (χ1v) is 13.3. The second-order valence-corrected chi connectivity index (χ2v) is 10.1. The quantitative estimate of drug-likeness (QED) is 0.239. The molecule has 0 spiro atoms. The zero-order chi connectivity index (χ0) is 27.8. The van der Waals surface area contributed by atoms with Crippen LogP contribution in [0, 0.1) is 17.0 Å². The molecule has 1 aliphatic rings. The van der Waals surface area contributed by atoms with Crippen LogP contribution in [-0.4, -0.2) is 47.2 Å². The molecule has 1 unspecified atom stereocenters. The maximum absolute atomic E-state index is 13.8. The number of aromatic nitrogens is 4. The topological polar surface area (TPSA) is 136 Å². The number of hydrogen-bond acceptors (Lipinski definition) is 8. The number of hydrazine groups is 1. The summed E-state index contributed by atoms with van der Waals surface area (Å²) < 4.78 is 1.69. The number of nitrogens with one attached hydrogen (secondary N) is 1. The van der Waals surface area contributed by atoms with Gasteiger partial charge in [-0.25, -0.2) is 19.7 Å². The van der Waals surface area contributed by atoms with Gasteiger partial charge in [-0.1, -0.05) is 48.5 Å². The molecule has 1 saturated heterocycles. The van der Waals surface area contributed by atoms with Crippen molar-refractivity contribution < 1.29 is 14.5 Å². The molecule has 0 aliphatic carbocycles. The van der Waals surface area contributed by atoms with Crippen LogP contribution in [0.4, 0.5) is 5.69 Å². The van der Waals surface area contributed by atoms with Crippen LogP contribution in [-0.2, 0) is 4.79 Å². The molecule has 2 amide bonds. The first-order chi connectivity index (χ1) is 19.4. The van der Waals surface area contributed by atoms with Gasteiger partial charge in [0.1, 0.15) is 16.6 Å². The van der Waals surface area contributed by atoms with Crippen LogP contribution in [0.25, 0.3) is 28.1 Å². The van der Waals surface area contributed by atoms with Gasteiger partial charge in [0.15, 0.2) is 11.3 Å². The Morgan fingerprint density at radius 3 is 2.35 bits per heavy atom. The second-order valence-electron chi connectivity index (χ2n) is 9.01. The van der Waals surface area contributed by atoms with Crippen LogP contribution in [0.15, 0.2) is 84.9 Å². The predicted molar refractivity (Wildman–Crippen MR) is 149 cm³/mol. The molecule has 1 N–H and O–H groups in total. The van der Waals surface area contributed by atoms with E-state index < -0.39 is 16.2 Å². The third-order valence-corrected chi connectivity index (χ3v) is 7.63. The molecular weight excluding hydrogens is 530 g/mol. The number of nitro benzene ring substituents is 1. The van der Waals surface area contributed by atoms with Crippen LogP contribution in [0.2, 0.25) is 0 Å². The molecule has 1 atom stereocenters. The van der Waals surface area contributed by atoms with Crippen LogP contribution in [0.1, 0.15) is 27.1 Å². The van der Waals surface area contributed by atoms with E-state index in [4.69, 9.17) is 9.97 Å². The molecule has 2 aromatic heterocycles. The van der Waals surface area contributed by atoms with E-state index in [0.717, 1.165) is 5.69 Å². The highest BCUT2D eigenvalue weighted by Crippen LogP contribution is 2.38. The summed E-state index contributed by atoms with van der Waals surface area (Å²) in [5.41, 5.74) is 6.72. The van der Waals surface area contributed by atoms with E-state index in [1.54, 1.807) is 23.7 Å². The summed E-state index contributed by atoms with van der Waals surface area (Å²) in [5, 5.41) is 16.4. The lowest BCUT2D eigenvalue weighted by atomic mass is 10.1. The average molecular weight is 552 g/mol. The number of amides is 2. The van der Waals surface area contributed by atoms with Crippen molar-refractivity contribution in [2.45, 2.75) is 12.3 Å². The monoisotopic (exact) mass is 551 g/mol. The van der Waals surface area contributed by atoms with Crippen molar-refractivity contribution in [2.75, 3.05) is 5.75 Å². The van der Waals surface area contributed by atoms with E-state index in [0.29, 0.717) is 33.7 Å². The van der Waals surface area contributed by atoms with Gasteiger partial charge in [-0.2, -0.15) is 5.10 Å². The fraction of sp³-hybridized carbons (Fsp3) is 0.107. The lowest BCUT2D eigenvalue weighted by Crippen LogP contribution is -2.45. The predicted octanol–water partition coefficient (Wildman–Crippen LogP) is 4.62. The van der Waals surface area contributed by atoms with Crippen molar-refractivity contribution in [3.63, 3.8) is 0 Å². The number of rotatable bonds is 6. The number of para-hydroxylation sites is 1. The summed E-state index contributed by atoms with van der Waals surface area (Å²) >= 11 is 1.31. The van der Waals surface area contributed by atoms with E-state index in [9.17, 15) is 19.7 Å². The molecular formula is C28H21N7O4S. The number of non-ortho nitro benzene ring substituents is 1. The Kier molecular flexibility index (Phi) is 6.44. The van der Waals surface area contributed by atoms with E-state index in [1.807, 2.05) is 60.7 Å². The molecule has 0 saturated carbocycles. The van der Waals surface area contributed by atoms with Crippen molar-refractivity contribution in [2.24, 2.45) is 0 Å². The first kappa shape index (κ1) is 25.2. The summed E-state index contributed by atoms with van der Waals surface area (Å²) in [6.45, 7) is 1.80. The Bertz CT molecular complexity index is 1760. The van der Waals surface area contributed by atoms with Crippen molar-refractivity contribution in [1.29, 1.82) is 0 Å². The standard InChI is InChI=1S/C28H21N7O4S/c1-17-23-26(33(31-17)20-10-6-3-7-11-20)30-24(18-8-4-2-5-9-18)25(29-23)27(37)32-34-22(36)16-40-28(34)19-12-14-21(15-13-19)35(38)39/h2-15,28H,16H2,1H3,(H,32,37). The molecule has 1 aliphatic heterocycles. The third kappa shape index (κ3) is 4.54. The number of nitrogens with zero attached hydrogens (tertiary/aromatic N) is 6. The number of thioether (sulfide) groups is 1. The highest BCUT2D eigenvalue weighted by Gasteiger charge is 2.36.